The molecule has 0 unspecified atom stereocenters. The zero-order valence-corrected chi connectivity index (χ0v) is 11.6. The molecule has 0 atom stereocenters. The van der Waals surface area contributed by atoms with Crippen LogP contribution in [0.5, 0.6) is 0 Å². The minimum absolute atomic E-state index is 0. The molecule has 0 radical (unpaired) electrons. The van der Waals surface area contributed by atoms with Gasteiger partial charge in [0.2, 0.25) is 0 Å². The molecule has 21 heavy (non-hydrogen) atoms. The fraction of sp³-hybridized carbons (Fsp3) is 0. The second kappa shape index (κ2) is 32.4. The summed E-state index contributed by atoms with van der Waals surface area (Å²) in [4.78, 5) is 0. The first-order valence-corrected chi connectivity index (χ1v) is 3.83. The molecule has 0 amide bonds. The zero-order chi connectivity index (χ0) is 17.9. The van der Waals surface area contributed by atoms with Crippen molar-refractivity contribution in [3.8, 4) is 0 Å². The van der Waals surface area contributed by atoms with E-state index in [1.54, 1.807) is 0 Å². The Morgan fingerprint density at radius 3 is 0.381 bits per heavy atom. The van der Waals surface area contributed by atoms with Crippen LogP contribution in [0.15, 0.2) is 0 Å². The van der Waals surface area contributed by atoms with Crippen molar-refractivity contribution in [2.45, 2.75) is 0 Å². The van der Waals surface area contributed by atoms with Gasteiger partial charge in [-0.2, -0.15) is 0 Å². The predicted octanol–water partition coefficient (Wildman–Crippen LogP) is -11.9. The van der Waals surface area contributed by atoms with E-state index in [-0.39, 0.29) is 23.1 Å². The third-order valence-electron chi connectivity index (χ3n) is 0. The van der Waals surface area contributed by atoms with Crippen LogP contribution in [-0.2, 0) is 0 Å². The molecule has 0 aromatic heterocycles. The molecule has 21 heteroatoms. The van der Waals surface area contributed by atoms with E-state index in [0.717, 1.165) is 0 Å². The fourth-order valence-electron chi connectivity index (χ4n) is 0. The van der Waals surface area contributed by atoms with Crippen molar-refractivity contribution in [2.24, 2.45) is 0 Å². The standard InChI is InChI=1S/4BH3O3.BHO3.Mg/c5*2-1(3)4;/h4*2-4H;2H;/q;;;;-2;+2. The summed E-state index contributed by atoms with van der Waals surface area (Å²) in [6.45, 7) is 0. The number of hydrogen-bond acceptors (Lipinski definition) is 15. The average Bonchev–Trinajstić information content (AvgIpc) is 1.94. The molecule has 0 aliphatic rings. The van der Waals surface area contributed by atoms with Gasteiger partial charge in [-0.25, -0.2) is 0 Å². The van der Waals surface area contributed by atoms with E-state index >= 15 is 0 Å². The second-order valence-electron chi connectivity index (χ2n) is 1.69. The molecule has 13 N–H and O–H groups in total. The molecule has 0 aromatic carbocycles. The summed E-state index contributed by atoms with van der Waals surface area (Å²) in [5, 5.41) is 110. The van der Waals surface area contributed by atoms with Crippen LogP contribution in [0.3, 0.4) is 0 Å². The summed E-state index contributed by atoms with van der Waals surface area (Å²) in [5.74, 6) is 0. The minimum atomic E-state index is -2.67. The third-order valence-corrected chi connectivity index (χ3v) is 0. The van der Waals surface area contributed by atoms with Crippen molar-refractivity contribution in [1.29, 1.82) is 0 Å². The maximum absolute atomic E-state index is 8.53. The molecule has 0 aromatic rings. The quantitative estimate of drug-likeness (QED) is 0.183. The van der Waals surface area contributed by atoms with Gasteiger partial charge in [0.1, 0.15) is 0 Å². The molecule has 120 valence electrons. The normalized spacial score (nSPS) is 6.43. The van der Waals surface area contributed by atoms with E-state index < -0.39 is 36.6 Å². The number of rotatable bonds is 0. The molecule has 0 bridgehead atoms. The van der Waals surface area contributed by atoms with Crippen molar-refractivity contribution in [2.75, 3.05) is 0 Å². The Hall–Kier alpha value is 0.491. The van der Waals surface area contributed by atoms with Gasteiger partial charge in [0.25, 0.3) is 0 Å². The van der Waals surface area contributed by atoms with Gasteiger partial charge in [-0.05, 0) is 0 Å². The maximum Gasteiger partial charge on any atom is 2.00 e. The van der Waals surface area contributed by atoms with E-state index in [9.17, 15) is 0 Å². The van der Waals surface area contributed by atoms with Crippen LogP contribution in [0.25, 0.3) is 0 Å². The van der Waals surface area contributed by atoms with Crippen molar-refractivity contribution in [3.05, 3.63) is 0 Å². The smallest absolute Gasteiger partial charge is 0.871 e. The van der Waals surface area contributed by atoms with Gasteiger partial charge in [0.05, 0.1) is 7.32 Å². The van der Waals surface area contributed by atoms with Crippen LogP contribution < -0.4 is 10.0 Å². The Labute approximate surface area is 135 Å². The summed E-state index contributed by atoms with van der Waals surface area (Å²) in [5.41, 5.74) is 0. The molecule has 0 rings (SSSR count). The summed E-state index contributed by atoms with van der Waals surface area (Å²) < 4.78 is 0. The summed E-state index contributed by atoms with van der Waals surface area (Å²) in [6, 6.07) is 0. The van der Waals surface area contributed by atoms with Gasteiger partial charge in [0, 0.05) is 0 Å². The van der Waals surface area contributed by atoms with Crippen LogP contribution in [0.2, 0.25) is 0 Å². The minimum Gasteiger partial charge on any atom is -0.871 e. The average molecular weight is 331 g/mol. The monoisotopic (exact) mass is 332 g/mol. The van der Waals surface area contributed by atoms with E-state index in [0.29, 0.717) is 0 Å². The maximum atomic E-state index is 8.53. The van der Waals surface area contributed by atoms with Crippen LogP contribution in [0, 0.1) is 0 Å². The molecule has 0 heterocycles. The first kappa shape index (κ1) is 37.6. The van der Waals surface area contributed by atoms with Gasteiger partial charge in [0.15, 0.2) is 0 Å². The summed E-state index contributed by atoms with van der Waals surface area (Å²) >= 11 is 0. The van der Waals surface area contributed by atoms with E-state index in [1.807, 2.05) is 0 Å². The van der Waals surface area contributed by atoms with Crippen molar-refractivity contribution >= 4 is 59.7 Å². The van der Waals surface area contributed by atoms with E-state index in [1.165, 1.54) is 0 Å². The first-order chi connectivity index (χ1) is 8.66. The Kier molecular flexibility index (Phi) is 58.1. The van der Waals surface area contributed by atoms with Crippen LogP contribution >= 0.6 is 0 Å². The SMILES string of the molecule is OB(O)O.OB(O)O.OB(O)O.OB(O)O.[Mg+2].[O-]B([O-])O. The summed E-state index contributed by atoms with van der Waals surface area (Å²) in [6.07, 6.45) is 0. The zero-order valence-electron chi connectivity index (χ0n) is 10.2. The van der Waals surface area contributed by atoms with Gasteiger partial charge >= 0.3 is 52.3 Å². The molecule has 0 saturated carbocycles. The number of hydrogen-bond donors (Lipinski definition) is 13. The van der Waals surface area contributed by atoms with Crippen molar-refractivity contribution in [1.82, 2.24) is 0 Å². The Morgan fingerprint density at radius 1 is 0.381 bits per heavy atom. The largest absolute Gasteiger partial charge is 2.00 e. The Bertz CT molecular complexity index is 80.6. The van der Waals surface area contributed by atoms with Gasteiger partial charge in [-0.15, -0.1) is 0 Å². The van der Waals surface area contributed by atoms with Crippen molar-refractivity contribution < 1.29 is 75.4 Å². The molecule has 0 saturated heterocycles. The Balaban J connectivity index is -0.0000000331. The van der Waals surface area contributed by atoms with Gasteiger partial charge in [-0.1, -0.05) is 0 Å². The van der Waals surface area contributed by atoms with Gasteiger partial charge < -0.3 is 75.4 Å². The van der Waals surface area contributed by atoms with E-state index in [4.69, 9.17) is 75.4 Å². The van der Waals surface area contributed by atoms with Crippen LogP contribution in [0.1, 0.15) is 0 Å². The third kappa shape index (κ3) is 29100. The predicted molar refractivity (Wildman–Crippen MR) is 63.4 cm³/mol. The molecule has 0 aliphatic carbocycles. The topological polar surface area (TPSA) is 309 Å². The molecule has 0 aliphatic heterocycles. The molecule has 15 nitrogen and oxygen atoms in total. The van der Waals surface area contributed by atoms with E-state index in [2.05, 4.69) is 0 Å². The first-order valence-electron chi connectivity index (χ1n) is 3.83. The molecule has 0 spiro atoms. The molecular weight excluding hydrogens is 318 g/mol. The Morgan fingerprint density at radius 2 is 0.381 bits per heavy atom. The van der Waals surface area contributed by atoms with Crippen molar-refractivity contribution in [3.63, 3.8) is 0 Å². The van der Waals surface area contributed by atoms with Crippen LogP contribution in [-0.4, -0.2) is 125 Å². The fourth-order valence-corrected chi connectivity index (χ4v) is 0. The van der Waals surface area contributed by atoms with Gasteiger partial charge in [-0.3, -0.25) is 0 Å². The molecular formula is H13B5MgO15. The van der Waals surface area contributed by atoms with Crippen LogP contribution in [0.4, 0.5) is 0 Å². The molecule has 0 fully saturated rings. The summed E-state index contributed by atoms with van der Waals surface area (Å²) in [7, 11) is -11.3. The second-order valence-corrected chi connectivity index (χ2v) is 1.69.